The number of halogens is 1. The molecule has 0 spiro atoms. The van der Waals surface area contributed by atoms with Crippen molar-refractivity contribution >= 4 is 24.0 Å². The fraction of sp³-hybridized carbons (Fsp3) is 0.562. The fourth-order valence-corrected chi connectivity index (χ4v) is 2.23. The monoisotopic (exact) mass is 312 g/mol. The zero-order valence-corrected chi connectivity index (χ0v) is 13.5. The first-order chi connectivity index (χ1) is 9.65. The molecule has 1 aromatic rings. The average molecular weight is 313 g/mol. The largest absolute Gasteiger partial charge is 0.493 e. The number of carbonyl (C=O) groups is 1. The van der Waals surface area contributed by atoms with E-state index in [9.17, 15) is 4.79 Å². The molecular weight excluding hydrogens is 288 g/mol. The van der Waals surface area contributed by atoms with Gasteiger partial charge < -0.3 is 15.4 Å². The van der Waals surface area contributed by atoms with Gasteiger partial charge in [-0.05, 0) is 37.4 Å². The Labute approximate surface area is 133 Å². The molecule has 2 rings (SSSR count). The van der Waals surface area contributed by atoms with E-state index in [1.165, 1.54) is 0 Å². The maximum absolute atomic E-state index is 12.1. The van der Waals surface area contributed by atoms with Crippen molar-refractivity contribution in [3.63, 3.8) is 0 Å². The Morgan fingerprint density at radius 3 is 2.90 bits per heavy atom. The topological polar surface area (TPSA) is 50.4 Å². The predicted octanol–water partition coefficient (Wildman–Crippen LogP) is 3.22. The van der Waals surface area contributed by atoms with Gasteiger partial charge in [-0.2, -0.15) is 0 Å². The molecule has 118 valence electrons. The Morgan fingerprint density at radius 2 is 2.24 bits per heavy atom. The van der Waals surface area contributed by atoms with Crippen LogP contribution in [0.15, 0.2) is 24.3 Å². The summed E-state index contributed by atoms with van der Waals surface area (Å²) in [5.74, 6) is 1.33. The minimum absolute atomic E-state index is 0. The predicted molar refractivity (Wildman–Crippen MR) is 88.3 cm³/mol. The Bertz CT molecular complexity index is 446. The third-order valence-corrected chi connectivity index (χ3v) is 3.31. The lowest BCUT2D eigenvalue weighted by molar-refractivity contribution is -0.118. The van der Waals surface area contributed by atoms with E-state index in [1.54, 1.807) is 0 Å². The van der Waals surface area contributed by atoms with Crippen LogP contribution < -0.4 is 15.4 Å². The molecule has 1 aromatic carbocycles. The van der Waals surface area contributed by atoms with E-state index < -0.39 is 0 Å². The van der Waals surface area contributed by atoms with E-state index in [-0.39, 0.29) is 24.4 Å². The van der Waals surface area contributed by atoms with Crippen LogP contribution in [0, 0.1) is 5.92 Å². The van der Waals surface area contributed by atoms with E-state index >= 15 is 0 Å². The van der Waals surface area contributed by atoms with Gasteiger partial charge >= 0.3 is 0 Å². The molecule has 1 atom stereocenters. The molecule has 1 fully saturated rings. The van der Waals surface area contributed by atoms with Gasteiger partial charge in [-0.3, -0.25) is 4.79 Å². The van der Waals surface area contributed by atoms with Crippen LogP contribution in [0.4, 0.5) is 5.69 Å². The molecule has 4 nitrogen and oxygen atoms in total. The van der Waals surface area contributed by atoms with Crippen molar-refractivity contribution in [3.8, 4) is 5.75 Å². The highest BCUT2D eigenvalue weighted by molar-refractivity contribution is 5.95. The number of hydrogen-bond donors (Lipinski definition) is 2. The van der Waals surface area contributed by atoms with Crippen LogP contribution in [-0.2, 0) is 4.79 Å². The van der Waals surface area contributed by atoms with Crippen molar-refractivity contribution in [2.45, 2.75) is 39.2 Å². The van der Waals surface area contributed by atoms with Crippen molar-refractivity contribution in [2.24, 2.45) is 5.92 Å². The number of amides is 1. The van der Waals surface area contributed by atoms with Gasteiger partial charge in [0, 0.05) is 11.8 Å². The molecule has 1 amide bonds. The lowest BCUT2D eigenvalue weighted by Gasteiger charge is -2.22. The number of rotatable bonds is 5. The molecule has 1 aliphatic heterocycles. The van der Waals surface area contributed by atoms with E-state index in [4.69, 9.17) is 4.74 Å². The number of ether oxygens (including phenoxy) is 1. The summed E-state index contributed by atoms with van der Waals surface area (Å²) in [5.41, 5.74) is 0.795. The van der Waals surface area contributed by atoms with Gasteiger partial charge in [-0.15, -0.1) is 12.4 Å². The molecule has 21 heavy (non-hydrogen) atoms. The highest BCUT2D eigenvalue weighted by Crippen LogP contribution is 2.19. The molecule has 1 heterocycles. The number of benzene rings is 1. The van der Waals surface area contributed by atoms with Gasteiger partial charge in [0.15, 0.2) is 0 Å². The van der Waals surface area contributed by atoms with Crippen LogP contribution in [-0.4, -0.2) is 25.1 Å². The molecule has 0 saturated carbocycles. The summed E-state index contributed by atoms with van der Waals surface area (Å²) < 4.78 is 5.67. The fourth-order valence-electron chi connectivity index (χ4n) is 2.23. The lowest BCUT2D eigenvalue weighted by atomic mass is 10.0. The Balaban J connectivity index is 0.00000220. The Hall–Kier alpha value is -1.26. The number of carbonyl (C=O) groups excluding carboxylic acids is 1. The lowest BCUT2D eigenvalue weighted by Crippen LogP contribution is -2.43. The second kappa shape index (κ2) is 8.90. The van der Waals surface area contributed by atoms with E-state index in [0.717, 1.165) is 37.2 Å². The number of hydrogen-bond acceptors (Lipinski definition) is 3. The molecule has 0 aromatic heterocycles. The van der Waals surface area contributed by atoms with Crippen molar-refractivity contribution in [3.05, 3.63) is 24.3 Å². The quantitative estimate of drug-likeness (QED) is 0.877. The van der Waals surface area contributed by atoms with Crippen LogP contribution in [0.5, 0.6) is 5.75 Å². The highest BCUT2D eigenvalue weighted by Gasteiger charge is 2.20. The van der Waals surface area contributed by atoms with Gasteiger partial charge in [0.2, 0.25) is 5.91 Å². The summed E-state index contributed by atoms with van der Waals surface area (Å²) in [6, 6.07) is 7.52. The van der Waals surface area contributed by atoms with Crippen molar-refractivity contribution in [2.75, 3.05) is 18.5 Å². The van der Waals surface area contributed by atoms with Crippen LogP contribution in [0.1, 0.15) is 33.1 Å². The number of anilines is 1. The molecule has 5 heteroatoms. The normalized spacial score (nSPS) is 18.0. The second-order valence-corrected chi connectivity index (χ2v) is 5.72. The first kappa shape index (κ1) is 17.8. The van der Waals surface area contributed by atoms with Crippen molar-refractivity contribution in [1.29, 1.82) is 0 Å². The Kier molecular flexibility index (Phi) is 7.54. The highest BCUT2D eigenvalue weighted by atomic mass is 35.5. The van der Waals surface area contributed by atoms with E-state index in [1.807, 2.05) is 24.3 Å². The van der Waals surface area contributed by atoms with Crippen LogP contribution in [0.25, 0.3) is 0 Å². The zero-order valence-electron chi connectivity index (χ0n) is 12.7. The molecule has 1 aliphatic rings. The van der Waals surface area contributed by atoms with Crippen LogP contribution >= 0.6 is 12.4 Å². The summed E-state index contributed by atoms with van der Waals surface area (Å²) in [6.07, 6.45) is 3.18. The third kappa shape index (κ3) is 5.94. The van der Waals surface area contributed by atoms with Crippen molar-refractivity contribution < 1.29 is 9.53 Å². The van der Waals surface area contributed by atoms with E-state index in [2.05, 4.69) is 24.5 Å². The van der Waals surface area contributed by atoms with Gasteiger partial charge in [0.05, 0.1) is 12.6 Å². The minimum atomic E-state index is -0.0658. The molecule has 0 aliphatic carbocycles. The van der Waals surface area contributed by atoms with Crippen LogP contribution in [0.3, 0.4) is 0 Å². The SMILES string of the molecule is CC(C)COc1cccc(NC(=O)C2CCCCN2)c1.Cl. The number of nitrogens with one attached hydrogen (secondary N) is 2. The maximum Gasteiger partial charge on any atom is 0.241 e. The van der Waals surface area contributed by atoms with Gasteiger partial charge in [-0.25, -0.2) is 0 Å². The van der Waals surface area contributed by atoms with Gasteiger partial charge in [0.1, 0.15) is 5.75 Å². The zero-order chi connectivity index (χ0) is 14.4. The summed E-state index contributed by atoms with van der Waals surface area (Å²) in [4.78, 5) is 12.1. The van der Waals surface area contributed by atoms with E-state index in [0.29, 0.717) is 12.5 Å². The standard InChI is InChI=1S/C16H24N2O2.ClH/c1-12(2)11-20-14-7-5-6-13(10-14)18-16(19)15-8-3-4-9-17-15;/h5-7,10,12,15,17H,3-4,8-9,11H2,1-2H3,(H,18,19);1H. The van der Waals surface area contributed by atoms with Gasteiger partial charge in [-0.1, -0.05) is 26.3 Å². The molecular formula is C16H25ClN2O2. The molecule has 1 unspecified atom stereocenters. The molecule has 1 saturated heterocycles. The molecule has 0 bridgehead atoms. The summed E-state index contributed by atoms with van der Waals surface area (Å²) in [6.45, 7) is 5.83. The average Bonchev–Trinajstić information content (AvgIpc) is 2.46. The second-order valence-electron chi connectivity index (χ2n) is 5.72. The molecule has 2 N–H and O–H groups in total. The summed E-state index contributed by atoms with van der Waals surface area (Å²) in [7, 11) is 0. The third-order valence-electron chi connectivity index (χ3n) is 3.31. The summed E-state index contributed by atoms with van der Waals surface area (Å²) in [5, 5.41) is 6.21. The Morgan fingerprint density at radius 1 is 1.43 bits per heavy atom. The first-order valence-corrected chi connectivity index (χ1v) is 7.42. The van der Waals surface area contributed by atoms with Crippen LogP contribution in [0.2, 0.25) is 0 Å². The van der Waals surface area contributed by atoms with Crippen molar-refractivity contribution in [1.82, 2.24) is 5.32 Å². The minimum Gasteiger partial charge on any atom is -0.493 e. The molecule has 0 radical (unpaired) electrons. The van der Waals surface area contributed by atoms with Gasteiger partial charge in [0.25, 0.3) is 0 Å². The first-order valence-electron chi connectivity index (χ1n) is 7.42. The smallest absolute Gasteiger partial charge is 0.241 e. The maximum atomic E-state index is 12.1. The summed E-state index contributed by atoms with van der Waals surface area (Å²) >= 11 is 0. The number of piperidine rings is 1.